The molecule has 5 nitrogen and oxygen atoms in total. The molecular formula is C23H24ClN3O2. The summed E-state index contributed by atoms with van der Waals surface area (Å²) in [6, 6.07) is 11.7. The number of hydrogen-bond donors (Lipinski definition) is 1. The largest absolute Gasteiger partial charge is 0.483 e. The highest BCUT2D eigenvalue weighted by Gasteiger charge is 2.26. The van der Waals surface area contributed by atoms with Crippen LogP contribution in [0.4, 0.5) is 0 Å². The summed E-state index contributed by atoms with van der Waals surface area (Å²) in [5.74, 6) is 0.792. The van der Waals surface area contributed by atoms with Gasteiger partial charge >= 0.3 is 0 Å². The molecule has 0 aliphatic carbocycles. The molecule has 0 radical (unpaired) electrons. The minimum atomic E-state index is -0.0146. The van der Waals surface area contributed by atoms with E-state index in [-0.39, 0.29) is 12.5 Å². The van der Waals surface area contributed by atoms with Gasteiger partial charge in [0.1, 0.15) is 5.75 Å². The highest BCUT2D eigenvalue weighted by Crippen LogP contribution is 2.30. The molecule has 0 spiro atoms. The number of aromatic nitrogens is 2. The Morgan fingerprint density at radius 1 is 1.14 bits per heavy atom. The van der Waals surface area contributed by atoms with Crippen molar-refractivity contribution >= 4 is 17.5 Å². The first kappa shape index (κ1) is 19.5. The summed E-state index contributed by atoms with van der Waals surface area (Å²) in [5.41, 5.74) is 7.30. The van der Waals surface area contributed by atoms with Crippen LogP contribution in [0.25, 0.3) is 11.3 Å². The number of carbonyl (C=O) groups is 1. The Labute approximate surface area is 175 Å². The van der Waals surface area contributed by atoms with E-state index in [1.165, 1.54) is 0 Å². The normalized spacial score (nSPS) is 13.3. The zero-order valence-corrected chi connectivity index (χ0v) is 17.6. The lowest BCUT2D eigenvalue weighted by molar-refractivity contribution is -0.134. The van der Waals surface area contributed by atoms with Crippen LogP contribution in [0, 0.1) is 20.8 Å². The Kier molecular flexibility index (Phi) is 5.33. The van der Waals surface area contributed by atoms with E-state index >= 15 is 0 Å². The number of rotatable bonds is 4. The highest BCUT2D eigenvalue weighted by atomic mass is 35.5. The number of aryl methyl sites for hydroxylation is 2. The maximum Gasteiger partial charge on any atom is 0.260 e. The number of ether oxygens (including phenoxy) is 1. The monoisotopic (exact) mass is 409 g/mol. The summed E-state index contributed by atoms with van der Waals surface area (Å²) in [7, 11) is 0. The first-order valence-corrected chi connectivity index (χ1v) is 10.1. The lowest BCUT2D eigenvalue weighted by Crippen LogP contribution is -2.38. The van der Waals surface area contributed by atoms with Crippen LogP contribution in [0.2, 0.25) is 5.02 Å². The minimum Gasteiger partial charge on any atom is -0.483 e. The molecular weight excluding hydrogens is 386 g/mol. The second-order valence-electron chi connectivity index (χ2n) is 7.54. The van der Waals surface area contributed by atoms with Gasteiger partial charge in [0.25, 0.3) is 5.91 Å². The van der Waals surface area contributed by atoms with Gasteiger partial charge in [-0.25, -0.2) is 0 Å². The number of nitrogens with zero attached hydrogens (tertiary/aromatic N) is 2. The van der Waals surface area contributed by atoms with E-state index in [1.54, 1.807) is 0 Å². The van der Waals surface area contributed by atoms with E-state index in [0.29, 0.717) is 18.1 Å². The SMILES string of the molecule is Cc1ccc(C)c(OCC(=O)N2CCc3[nH]nc(-c4ccc(Cl)cc4)c3C2)c1C. The quantitative estimate of drug-likeness (QED) is 0.684. The van der Waals surface area contributed by atoms with E-state index < -0.39 is 0 Å². The molecule has 1 aliphatic heterocycles. The summed E-state index contributed by atoms with van der Waals surface area (Å²) >= 11 is 6.00. The molecule has 1 aromatic heterocycles. The van der Waals surface area contributed by atoms with Crippen LogP contribution in [0.15, 0.2) is 36.4 Å². The summed E-state index contributed by atoms with van der Waals surface area (Å²) in [6.45, 7) is 7.30. The maximum atomic E-state index is 12.9. The van der Waals surface area contributed by atoms with Crippen LogP contribution in [0.3, 0.4) is 0 Å². The van der Waals surface area contributed by atoms with Crippen molar-refractivity contribution in [1.82, 2.24) is 15.1 Å². The van der Waals surface area contributed by atoms with E-state index in [1.807, 2.05) is 56.0 Å². The van der Waals surface area contributed by atoms with Gasteiger partial charge < -0.3 is 9.64 Å². The van der Waals surface area contributed by atoms with Crippen molar-refractivity contribution < 1.29 is 9.53 Å². The van der Waals surface area contributed by atoms with Crippen LogP contribution in [0.1, 0.15) is 27.9 Å². The van der Waals surface area contributed by atoms with Crippen LogP contribution >= 0.6 is 11.6 Å². The number of fused-ring (bicyclic) bond motifs is 1. The fourth-order valence-electron chi connectivity index (χ4n) is 3.73. The average molecular weight is 410 g/mol. The zero-order chi connectivity index (χ0) is 20.5. The number of halogens is 1. The predicted octanol–water partition coefficient (Wildman–Crippen LogP) is 4.62. The zero-order valence-electron chi connectivity index (χ0n) is 16.9. The first-order chi connectivity index (χ1) is 13.9. The summed E-state index contributed by atoms with van der Waals surface area (Å²) in [6.07, 6.45) is 0.754. The molecule has 0 saturated carbocycles. The number of H-pyrrole nitrogens is 1. The maximum absolute atomic E-state index is 12.9. The second-order valence-corrected chi connectivity index (χ2v) is 7.98. The Bertz CT molecular complexity index is 1060. The average Bonchev–Trinajstić information content (AvgIpc) is 3.14. The molecule has 150 valence electrons. The number of amides is 1. The fraction of sp³-hybridized carbons (Fsp3) is 0.304. The van der Waals surface area contributed by atoms with Gasteiger partial charge in [-0.3, -0.25) is 9.89 Å². The molecule has 29 heavy (non-hydrogen) atoms. The number of aromatic amines is 1. The molecule has 0 fully saturated rings. The van der Waals surface area contributed by atoms with Crippen molar-refractivity contribution in [2.45, 2.75) is 33.7 Å². The van der Waals surface area contributed by atoms with E-state index in [9.17, 15) is 4.79 Å². The van der Waals surface area contributed by atoms with Gasteiger partial charge in [0.15, 0.2) is 6.61 Å². The molecule has 1 N–H and O–H groups in total. The van der Waals surface area contributed by atoms with Crippen molar-refractivity contribution in [3.05, 3.63) is 69.4 Å². The molecule has 2 heterocycles. The number of nitrogens with one attached hydrogen (secondary N) is 1. The van der Waals surface area contributed by atoms with Crippen molar-refractivity contribution in [1.29, 1.82) is 0 Å². The van der Waals surface area contributed by atoms with Gasteiger partial charge in [-0.1, -0.05) is 35.9 Å². The molecule has 0 atom stereocenters. The third-order valence-electron chi connectivity index (χ3n) is 5.62. The Balaban J connectivity index is 1.49. The predicted molar refractivity (Wildman–Crippen MR) is 114 cm³/mol. The van der Waals surface area contributed by atoms with Gasteiger partial charge in [-0.15, -0.1) is 0 Å². The van der Waals surface area contributed by atoms with Gasteiger partial charge in [0.2, 0.25) is 0 Å². The van der Waals surface area contributed by atoms with Crippen molar-refractivity contribution in [3.8, 4) is 17.0 Å². The van der Waals surface area contributed by atoms with Crippen LogP contribution in [-0.4, -0.2) is 34.2 Å². The van der Waals surface area contributed by atoms with Crippen molar-refractivity contribution in [2.24, 2.45) is 0 Å². The van der Waals surface area contributed by atoms with Crippen LogP contribution in [-0.2, 0) is 17.8 Å². The van der Waals surface area contributed by atoms with Crippen molar-refractivity contribution in [2.75, 3.05) is 13.2 Å². The van der Waals surface area contributed by atoms with Crippen LogP contribution in [0.5, 0.6) is 5.75 Å². The molecule has 0 unspecified atom stereocenters. The lowest BCUT2D eigenvalue weighted by atomic mass is 10.0. The Morgan fingerprint density at radius 2 is 1.86 bits per heavy atom. The second kappa shape index (κ2) is 7.91. The fourth-order valence-corrected chi connectivity index (χ4v) is 3.85. The molecule has 4 rings (SSSR count). The number of carbonyl (C=O) groups excluding carboxylic acids is 1. The summed E-state index contributed by atoms with van der Waals surface area (Å²) in [4.78, 5) is 14.7. The Hall–Kier alpha value is -2.79. The first-order valence-electron chi connectivity index (χ1n) is 9.73. The topological polar surface area (TPSA) is 58.2 Å². The third-order valence-corrected chi connectivity index (χ3v) is 5.87. The van der Waals surface area contributed by atoms with E-state index in [4.69, 9.17) is 16.3 Å². The van der Waals surface area contributed by atoms with Gasteiger partial charge in [0.05, 0.1) is 5.69 Å². The molecule has 3 aromatic rings. The van der Waals surface area contributed by atoms with Crippen molar-refractivity contribution in [3.63, 3.8) is 0 Å². The van der Waals surface area contributed by atoms with Crippen LogP contribution < -0.4 is 4.74 Å². The summed E-state index contributed by atoms with van der Waals surface area (Å²) < 4.78 is 5.93. The third kappa shape index (κ3) is 3.87. The van der Waals surface area contributed by atoms with E-state index in [0.717, 1.165) is 51.4 Å². The van der Waals surface area contributed by atoms with Gasteiger partial charge in [-0.2, -0.15) is 5.10 Å². The number of benzene rings is 2. The molecule has 1 amide bonds. The van der Waals surface area contributed by atoms with Gasteiger partial charge in [-0.05, 0) is 49.6 Å². The molecule has 2 aromatic carbocycles. The lowest BCUT2D eigenvalue weighted by Gasteiger charge is -2.27. The molecule has 0 bridgehead atoms. The number of hydrogen-bond acceptors (Lipinski definition) is 3. The summed E-state index contributed by atoms with van der Waals surface area (Å²) in [5, 5.41) is 8.30. The molecule has 6 heteroatoms. The standard InChI is InChI=1S/C23H24ClN3O2/c1-14-4-5-15(2)23(16(14)3)29-13-21(28)27-11-10-20-19(12-27)22(26-25-20)17-6-8-18(24)9-7-17/h4-9H,10-13H2,1-3H3,(H,25,26). The Morgan fingerprint density at radius 3 is 2.62 bits per heavy atom. The smallest absolute Gasteiger partial charge is 0.260 e. The minimum absolute atomic E-state index is 0.0146. The van der Waals surface area contributed by atoms with Gasteiger partial charge in [0, 0.05) is 41.4 Å². The molecule has 1 aliphatic rings. The molecule has 0 saturated heterocycles. The highest BCUT2D eigenvalue weighted by molar-refractivity contribution is 6.30. The van der Waals surface area contributed by atoms with E-state index in [2.05, 4.69) is 16.3 Å².